The van der Waals surface area contributed by atoms with Crippen LogP contribution in [0.1, 0.15) is 36.0 Å². The Kier molecular flexibility index (Phi) is 4.72. The molecule has 0 aliphatic heterocycles. The van der Waals surface area contributed by atoms with E-state index in [0.717, 1.165) is 16.1 Å². The first-order valence-electron chi connectivity index (χ1n) is 8.15. The van der Waals surface area contributed by atoms with Gasteiger partial charge in [0.2, 0.25) is 11.8 Å². The molecule has 2 N–H and O–H groups in total. The van der Waals surface area contributed by atoms with Crippen molar-refractivity contribution in [2.45, 2.75) is 37.8 Å². The predicted octanol–water partition coefficient (Wildman–Crippen LogP) is 2.51. The van der Waals surface area contributed by atoms with Crippen LogP contribution in [0, 0.1) is 0 Å². The first-order chi connectivity index (χ1) is 11.9. The Labute approximate surface area is 151 Å². The van der Waals surface area contributed by atoms with Crippen LogP contribution >= 0.6 is 11.3 Å². The molecule has 1 aliphatic carbocycles. The molecular weight excluding hydrogens is 334 g/mol. The van der Waals surface area contributed by atoms with E-state index < -0.39 is 5.41 Å². The van der Waals surface area contributed by atoms with Crippen LogP contribution in [0.25, 0.3) is 0 Å². The van der Waals surface area contributed by atoms with Crippen LogP contribution in [0.4, 0.5) is 0 Å². The summed E-state index contributed by atoms with van der Waals surface area (Å²) in [5.74, 6) is -0.349. The van der Waals surface area contributed by atoms with Crippen molar-refractivity contribution in [1.82, 2.24) is 15.6 Å². The molecule has 0 spiro atoms. The van der Waals surface area contributed by atoms with Gasteiger partial charge in [0, 0.05) is 11.6 Å². The topological polar surface area (TPSA) is 71.1 Å². The fourth-order valence-corrected chi connectivity index (χ4v) is 3.86. The van der Waals surface area contributed by atoms with Gasteiger partial charge >= 0.3 is 0 Å². The molecule has 1 aromatic heterocycles. The van der Waals surface area contributed by atoms with Crippen molar-refractivity contribution >= 4 is 23.2 Å². The molecule has 25 heavy (non-hydrogen) atoms. The summed E-state index contributed by atoms with van der Waals surface area (Å²) in [5, 5.41) is 8.69. The van der Waals surface area contributed by atoms with Crippen molar-refractivity contribution in [1.29, 1.82) is 0 Å². The van der Waals surface area contributed by atoms with Gasteiger partial charge in [0.15, 0.2) is 0 Å². The Morgan fingerprint density at radius 2 is 2.08 bits per heavy atom. The third kappa shape index (κ3) is 3.35. The number of carbonyl (C=O) groups excluding carboxylic acids is 2. The molecule has 1 heterocycles. The summed E-state index contributed by atoms with van der Waals surface area (Å²) < 4.78 is 0. The standard InChI is InChI=1S/C19H21N3O2S/c1-4-15(23)22-16-13-8-6-5-7-12(13)11-14(16)21-17(24)19(2,3)18-20-9-10-25-18/h4-10,14,16H,1,11H2,2-3H3,(H,21,24)(H,22,23)/t14-,16-/m1/s1. The van der Waals surface area contributed by atoms with Gasteiger partial charge in [0.25, 0.3) is 0 Å². The zero-order valence-electron chi connectivity index (χ0n) is 14.3. The van der Waals surface area contributed by atoms with E-state index in [4.69, 9.17) is 0 Å². The number of carbonyl (C=O) groups is 2. The Bertz CT molecular complexity index is 799. The number of aromatic nitrogens is 1. The fraction of sp³-hybridized carbons (Fsp3) is 0.316. The van der Waals surface area contributed by atoms with Crippen molar-refractivity contribution in [2.75, 3.05) is 0 Å². The van der Waals surface area contributed by atoms with Gasteiger partial charge in [-0.05, 0) is 37.5 Å². The lowest BCUT2D eigenvalue weighted by Gasteiger charge is -2.27. The number of rotatable bonds is 5. The number of amides is 2. The Morgan fingerprint density at radius 3 is 2.76 bits per heavy atom. The number of thiazole rings is 1. The van der Waals surface area contributed by atoms with Crippen LogP contribution < -0.4 is 10.6 Å². The normalized spacial score (nSPS) is 19.1. The van der Waals surface area contributed by atoms with Crippen molar-refractivity contribution in [3.63, 3.8) is 0 Å². The Hall–Kier alpha value is -2.47. The maximum Gasteiger partial charge on any atom is 0.243 e. The SMILES string of the molecule is C=CC(=O)N[C@@H]1c2ccccc2C[C@H]1NC(=O)C(C)(C)c1nccs1. The summed E-state index contributed by atoms with van der Waals surface area (Å²) in [6.07, 6.45) is 3.63. The number of nitrogens with one attached hydrogen (secondary N) is 2. The number of hydrogen-bond donors (Lipinski definition) is 2. The van der Waals surface area contributed by atoms with Crippen LogP contribution in [0.2, 0.25) is 0 Å². The highest BCUT2D eigenvalue weighted by atomic mass is 32.1. The first kappa shape index (κ1) is 17.4. The van der Waals surface area contributed by atoms with Gasteiger partial charge in [-0.3, -0.25) is 9.59 Å². The molecule has 1 aliphatic rings. The number of hydrogen-bond acceptors (Lipinski definition) is 4. The van der Waals surface area contributed by atoms with Gasteiger partial charge in [-0.25, -0.2) is 4.98 Å². The third-order valence-corrected chi connectivity index (χ3v) is 5.66. The Balaban J connectivity index is 1.82. The smallest absolute Gasteiger partial charge is 0.243 e. The summed E-state index contributed by atoms with van der Waals surface area (Å²) in [4.78, 5) is 29.0. The van der Waals surface area contributed by atoms with Gasteiger partial charge in [0.1, 0.15) is 5.01 Å². The largest absolute Gasteiger partial charge is 0.350 e. The Morgan fingerprint density at radius 1 is 1.32 bits per heavy atom. The van der Waals surface area contributed by atoms with Gasteiger partial charge in [-0.1, -0.05) is 30.8 Å². The minimum absolute atomic E-state index is 0.0990. The van der Waals surface area contributed by atoms with Crippen molar-refractivity contribution in [2.24, 2.45) is 0 Å². The predicted molar refractivity (Wildman–Crippen MR) is 98.3 cm³/mol. The van der Waals surface area contributed by atoms with Crippen LogP contribution in [-0.4, -0.2) is 22.8 Å². The van der Waals surface area contributed by atoms with Crippen LogP contribution in [0.15, 0.2) is 48.5 Å². The van der Waals surface area contributed by atoms with E-state index in [0.29, 0.717) is 6.42 Å². The summed E-state index contributed by atoms with van der Waals surface area (Å²) in [7, 11) is 0. The van der Waals surface area contributed by atoms with Crippen molar-refractivity contribution < 1.29 is 9.59 Å². The highest BCUT2D eigenvalue weighted by Gasteiger charge is 2.39. The average Bonchev–Trinajstić information content (AvgIpc) is 3.24. The van der Waals surface area contributed by atoms with Crippen LogP contribution in [0.5, 0.6) is 0 Å². The van der Waals surface area contributed by atoms with E-state index in [-0.39, 0.29) is 23.9 Å². The molecule has 2 atom stereocenters. The number of benzene rings is 1. The zero-order chi connectivity index (χ0) is 18.0. The molecule has 130 valence electrons. The molecule has 5 nitrogen and oxygen atoms in total. The molecule has 2 amide bonds. The van der Waals surface area contributed by atoms with Gasteiger partial charge in [-0.15, -0.1) is 11.3 Å². The molecule has 1 aromatic carbocycles. The first-order valence-corrected chi connectivity index (χ1v) is 9.03. The maximum absolute atomic E-state index is 12.9. The van der Waals surface area contributed by atoms with E-state index in [1.54, 1.807) is 6.20 Å². The average molecular weight is 355 g/mol. The molecule has 2 aromatic rings. The zero-order valence-corrected chi connectivity index (χ0v) is 15.1. The van der Waals surface area contributed by atoms with Crippen molar-refractivity contribution in [3.8, 4) is 0 Å². The fourth-order valence-electron chi connectivity index (χ4n) is 3.10. The lowest BCUT2D eigenvalue weighted by atomic mass is 9.92. The summed E-state index contributed by atoms with van der Waals surface area (Å²) in [6, 6.07) is 7.46. The summed E-state index contributed by atoms with van der Waals surface area (Å²) in [5.41, 5.74) is 1.44. The highest BCUT2D eigenvalue weighted by molar-refractivity contribution is 7.09. The number of fused-ring (bicyclic) bond motifs is 1. The lowest BCUT2D eigenvalue weighted by Crippen LogP contribution is -2.49. The minimum Gasteiger partial charge on any atom is -0.350 e. The van der Waals surface area contributed by atoms with E-state index in [2.05, 4.69) is 22.2 Å². The van der Waals surface area contributed by atoms with E-state index in [1.807, 2.05) is 43.5 Å². The summed E-state index contributed by atoms with van der Waals surface area (Å²) in [6.45, 7) is 7.23. The molecule has 0 saturated heterocycles. The highest BCUT2D eigenvalue weighted by Crippen LogP contribution is 2.33. The lowest BCUT2D eigenvalue weighted by molar-refractivity contribution is -0.127. The van der Waals surface area contributed by atoms with E-state index in [9.17, 15) is 9.59 Å². The molecule has 0 bridgehead atoms. The van der Waals surface area contributed by atoms with Crippen LogP contribution in [-0.2, 0) is 21.4 Å². The molecule has 3 rings (SSSR count). The quantitative estimate of drug-likeness (QED) is 0.810. The summed E-state index contributed by atoms with van der Waals surface area (Å²) >= 11 is 1.46. The van der Waals surface area contributed by atoms with E-state index in [1.165, 1.54) is 17.4 Å². The van der Waals surface area contributed by atoms with Crippen molar-refractivity contribution in [3.05, 3.63) is 64.6 Å². The van der Waals surface area contributed by atoms with Crippen LogP contribution in [0.3, 0.4) is 0 Å². The molecule has 6 heteroatoms. The third-order valence-electron chi connectivity index (χ3n) is 4.57. The molecule has 0 saturated carbocycles. The second-order valence-electron chi connectivity index (χ2n) is 6.64. The maximum atomic E-state index is 12.9. The molecular formula is C19H21N3O2S. The number of nitrogens with zero attached hydrogens (tertiary/aromatic N) is 1. The van der Waals surface area contributed by atoms with Gasteiger partial charge < -0.3 is 10.6 Å². The molecule has 0 unspecified atom stereocenters. The minimum atomic E-state index is -0.726. The molecule has 0 fully saturated rings. The van der Waals surface area contributed by atoms with Gasteiger partial charge in [0.05, 0.1) is 17.5 Å². The van der Waals surface area contributed by atoms with E-state index >= 15 is 0 Å². The molecule has 0 radical (unpaired) electrons. The van der Waals surface area contributed by atoms with Gasteiger partial charge in [-0.2, -0.15) is 0 Å². The second kappa shape index (κ2) is 6.80. The second-order valence-corrected chi connectivity index (χ2v) is 7.53. The monoisotopic (exact) mass is 355 g/mol.